The second-order valence-corrected chi connectivity index (χ2v) is 3.24. The molecule has 0 fully saturated rings. The van der Waals surface area contributed by atoms with Gasteiger partial charge in [0.15, 0.2) is 0 Å². The Morgan fingerprint density at radius 2 is 1.73 bits per heavy atom. The standard InChI is InChI=1S/C11H18/c1-7-10(6)11(8(2)3)9(4)5/h7,9H,1-2H2,3-6H3/b11-10+. The first kappa shape index (κ1) is 10.2. The summed E-state index contributed by atoms with van der Waals surface area (Å²) in [5, 5.41) is 0. The molecule has 11 heavy (non-hydrogen) atoms. The van der Waals surface area contributed by atoms with E-state index < -0.39 is 0 Å². The summed E-state index contributed by atoms with van der Waals surface area (Å²) in [4.78, 5) is 0. The smallest absolute Gasteiger partial charge is 0.0214 e. The van der Waals surface area contributed by atoms with Crippen LogP contribution in [0.25, 0.3) is 0 Å². The minimum absolute atomic E-state index is 0.547. The Hall–Kier alpha value is -0.780. The molecule has 0 aromatic heterocycles. The minimum Gasteiger partial charge on any atom is -0.0988 e. The summed E-state index contributed by atoms with van der Waals surface area (Å²) in [6.07, 6.45) is 1.89. The molecular weight excluding hydrogens is 132 g/mol. The normalized spacial score (nSPS) is 12.8. The predicted octanol–water partition coefficient (Wildman–Crippen LogP) is 3.72. The van der Waals surface area contributed by atoms with E-state index in [1.165, 1.54) is 11.1 Å². The quantitative estimate of drug-likeness (QED) is 0.538. The van der Waals surface area contributed by atoms with Crippen LogP contribution in [0, 0.1) is 5.92 Å². The first-order chi connectivity index (χ1) is 5.00. The van der Waals surface area contributed by atoms with Crippen molar-refractivity contribution in [2.45, 2.75) is 27.7 Å². The molecule has 62 valence electrons. The van der Waals surface area contributed by atoms with Crippen LogP contribution in [0.15, 0.2) is 36.0 Å². The fraction of sp³-hybridized carbons (Fsp3) is 0.455. The number of hydrogen-bond donors (Lipinski definition) is 0. The van der Waals surface area contributed by atoms with Crippen molar-refractivity contribution in [1.29, 1.82) is 0 Å². The molecule has 0 aliphatic rings. The summed E-state index contributed by atoms with van der Waals surface area (Å²) < 4.78 is 0. The summed E-state index contributed by atoms with van der Waals surface area (Å²) in [6.45, 7) is 16.2. The molecule has 0 heteroatoms. The lowest BCUT2D eigenvalue weighted by Gasteiger charge is -2.13. The Kier molecular flexibility index (Phi) is 3.88. The van der Waals surface area contributed by atoms with Crippen LogP contribution in [-0.2, 0) is 0 Å². The summed E-state index contributed by atoms with van der Waals surface area (Å²) in [5.41, 5.74) is 3.73. The van der Waals surface area contributed by atoms with Crippen LogP contribution >= 0.6 is 0 Å². The second-order valence-electron chi connectivity index (χ2n) is 3.24. The molecule has 0 nitrogen and oxygen atoms in total. The first-order valence-electron chi connectivity index (χ1n) is 3.99. The van der Waals surface area contributed by atoms with Crippen molar-refractivity contribution in [3.8, 4) is 0 Å². The topological polar surface area (TPSA) is 0 Å². The van der Waals surface area contributed by atoms with Crippen molar-refractivity contribution in [3.63, 3.8) is 0 Å². The molecular formula is C11H18. The van der Waals surface area contributed by atoms with Crippen LogP contribution in [0.2, 0.25) is 0 Å². The lowest BCUT2D eigenvalue weighted by molar-refractivity contribution is 0.770. The zero-order chi connectivity index (χ0) is 9.02. The highest BCUT2D eigenvalue weighted by atomic mass is 14.1. The van der Waals surface area contributed by atoms with Crippen LogP contribution < -0.4 is 0 Å². The van der Waals surface area contributed by atoms with Gasteiger partial charge in [-0.1, -0.05) is 38.7 Å². The molecule has 0 aromatic carbocycles. The van der Waals surface area contributed by atoms with E-state index in [4.69, 9.17) is 0 Å². The van der Waals surface area contributed by atoms with Crippen LogP contribution in [0.4, 0.5) is 0 Å². The number of hydrogen-bond acceptors (Lipinski definition) is 0. The maximum atomic E-state index is 3.94. The van der Waals surface area contributed by atoms with Crippen molar-refractivity contribution in [1.82, 2.24) is 0 Å². The highest BCUT2D eigenvalue weighted by molar-refractivity contribution is 5.36. The van der Waals surface area contributed by atoms with Crippen LogP contribution in [0.3, 0.4) is 0 Å². The summed E-state index contributed by atoms with van der Waals surface area (Å²) in [5.74, 6) is 0.547. The summed E-state index contributed by atoms with van der Waals surface area (Å²) >= 11 is 0. The van der Waals surface area contributed by atoms with Gasteiger partial charge in [0.2, 0.25) is 0 Å². The van der Waals surface area contributed by atoms with E-state index in [1.807, 2.05) is 13.0 Å². The van der Waals surface area contributed by atoms with Gasteiger partial charge in [-0.3, -0.25) is 0 Å². The van der Waals surface area contributed by atoms with Crippen molar-refractivity contribution in [2.75, 3.05) is 0 Å². The number of allylic oxidation sites excluding steroid dienone is 4. The minimum atomic E-state index is 0.547. The lowest BCUT2D eigenvalue weighted by Crippen LogP contribution is -1.97. The van der Waals surface area contributed by atoms with E-state index in [0.29, 0.717) is 5.92 Å². The van der Waals surface area contributed by atoms with Gasteiger partial charge in [-0.05, 0) is 30.9 Å². The third-order valence-electron chi connectivity index (χ3n) is 1.77. The Morgan fingerprint density at radius 3 is 1.82 bits per heavy atom. The van der Waals surface area contributed by atoms with Gasteiger partial charge in [0, 0.05) is 0 Å². The molecule has 0 aliphatic carbocycles. The Bertz CT molecular complexity index is 192. The Balaban J connectivity index is 4.87. The highest BCUT2D eigenvalue weighted by Crippen LogP contribution is 2.21. The summed E-state index contributed by atoms with van der Waals surface area (Å²) in [7, 11) is 0. The van der Waals surface area contributed by atoms with E-state index in [2.05, 4.69) is 33.9 Å². The molecule has 0 aromatic rings. The molecule has 0 N–H and O–H groups in total. The highest BCUT2D eigenvalue weighted by Gasteiger charge is 2.05. The van der Waals surface area contributed by atoms with Crippen LogP contribution in [0.1, 0.15) is 27.7 Å². The van der Waals surface area contributed by atoms with Gasteiger partial charge in [-0.2, -0.15) is 0 Å². The average Bonchev–Trinajstić information content (AvgIpc) is 1.85. The molecule has 0 saturated heterocycles. The maximum absolute atomic E-state index is 3.94. The molecule has 0 atom stereocenters. The monoisotopic (exact) mass is 150 g/mol. The van der Waals surface area contributed by atoms with E-state index >= 15 is 0 Å². The van der Waals surface area contributed by atoms with Crippen molar-refractivity contribution < 1.29 is 0 Å². The van der Waals surface area contributed by atoms with Crippen LogP contribution in [-0.4, -0.2) is 0 Å². The van der Waals surface area contributed by atoms with Gasteiger partial charge in [0.25, 0.3) is 0 Å². The summed E-state index contributed by atoms with van der Waals surface area (Å²) in [6, 6.07) is 0. The predicted molar refractivity (Wildman–Crippen MR) is 52.5 cm³/mol. The zero-order valence-electron chi connectivity index (χ0n) is 8.07. The zero-order valence-corrected chi connectivity index (χ0v) is 8.07. The average molecular weight is 150 g/mol. The van der Waals surface area contributed by atoms with Gasteiger partial charge < -0.3 is 0 Å². The molecule has 0 bridgehead atoms. The maximum Gasteiger partial charge on any atom is -0.0214 e. The van der Waals surface area contributed by atoms with E-state index in [1.54, 1.807) is 0 Å². The first-order valence-corrected chi connectivity index (χ1v) is 3.99. The largest absolute Gasteiger partial charge is 0.0988 e. The van der Waals surface area contributed by atoms with E-state index in [9.17, 15) is 0 Å². The second kappa shape index (κ2) is 4.17. The molecule has 0 amide bonds. The van der Waals surface area contributed by atoms with Crippen LogP contribution in [0.5, 0.6) is 0 Å². The van der Waals surface area contributed by atoms with Gasteiger partial charge in [-0.15, -0.1) is 0 Å². The molecule has 0 saturated carbocycles. The van der Waals surface area contributed by atoms with Gasteiger partial charge >= 0.3 is 0 Å². The molecule has 0 aliphatic heterocycles. The Morgan fingerprint density at radius 1 is 1.27 bits per heavy atom. The molecule has 0 rings (SSSR count). The molecule has 0 spiro atoms. The molecule has 0 radical (unpaired) electrons. The molecule has 0 unspecified atom stereocenters. The van der Waals surface area contributed by atoms with Crippen molar-refractivity contribution in [2.24, 2.45) is 5.92 Å². The third kappa shape index (κ3) is 2.75. The van der Waals surface area contributed by atoms with Gasteiger partial charge in [0.1, 0.15) is 0 Å². The fourth-order valence-electron chi connectivity index (χ4n) is 1.39. The third-order valence-corrected chi connectivity index (χ3v) is 1.77. The van der Waals surface area contributed by atoms with Gasteiger partial charge in [-0.25, -0.2) is 0 Å². The Labute approximate surface area is 70.3 Å². The molecule has 0 heterocycles. The van der Waals surface area contributed by atoms with Gasteiger partial charge in [0.05, 0.1) is 0 Å². The van der Waals surface area contributed by atoms with E-state index in [-0.39, 0.29) is 0 Å². The fourth-order valence-corrected chi connectivity index (χ4v) is 1.39. The van der Waals surface area contributed by atoms with Crippen molar-refractivity contribution in [3.05, 3.63) is 36.0 Å². The van der Waals surface area contributed by atoms with Crippen molar-refractivity contribution >= 4 is 0 Å². The van der Waals surface area contributed by atoms with E-state index in [0.717, 1.165) is 5.57 Å². The number of rotatable bonds is 3. The SMILES string of the molecule is C=C/C(C)=C(\C(=C)C)C(C)C. The lowest BCUT2D eigenvalue weighted by atomic mass is 9.93.